The highest BCUT2D eigenvalue weighted by atomic mass is 16.7. The standard InChI is InChI=1S/C30H32O8/c31-13-21-10-19-7-6-18(17-4-2-1-3-5-17)11-22(19)27(20-8-9-25-26(12-20)38-16-37-25)23(21)14-35-30-29(34)28(33)24(32)15-36-30/h1-9,11-12,21,23-24,27-34H,10,13-16H2/t21-,23-,24-,27?,28+,29-,30-/m1/s1. The lowest BCUT2D eigenvalue weighted by molar-refractivity contribution is -0.274. The van der Waals surface area contributed by atoms with Crippen molar-refractivity contribution in [3.05, 3.63) is 83.4 Å². The average Bonchev–Trinajstić information content (AvgIpc) is 3.43. The van der Waals surface area contributed by atoms with Crippen LogP contribution in [-0.4, -0.2) is 71.6 Å². The van der Waals surface area contributed by atoms with Crippen molar-refractivity contribution in [2.45, 2.75) is 36.9 Å². The second kappa shape index (κ2) is 10.6. The van der Waals surface area contributed by atoms with Gasteiger partial charge in [0.1, 0.15) is 18.3 Å². The molecular weight excluding hydrogens is 488 g/mol. The van der Waals surface area contributed by atoms with Gasteiger partial charge in [-0.2, -0.15) is 0 Å². The molecule has 0 radical (unpaired) electrons. The van der Waals surface area contributed by atoms with Crippen molar-refractivity contribution >= 4 is 0 Å². The third-order valence-corrected chi connectivity index (χ3v) is 8.00. The lowest BCUT2D eigenvalue weighted by Gasteiger charge is -2.41. The summed E-state index contributed by atoms with van der Waals surface area (Å²) in [4.78, 5) is 0. The molecule has 1 fully saturated rings. The first-order valence-corrected chi connectivity index (χ1v) is 13.0. The number of benzene rings is 3. The predicted molar refractivity (Wildman–Crippen MR) is 138 cm³/mol. The smallest absolute Gasteiger partial charge is 0.231 e. The van der Waals surface area contributed by atoms with E-state index in [-0.39, 0.29) is 44.4 Å². The summed E-state index contributed by atoms with van der Waals surface area (Å²) in [5.41, 5.74) is 5.52. The quantitative estimate of drug-likeness (QED) is 0.392. The molecule has 7 atom stereocenters. The second-order valence-electron chi connectivity index (χ2n) is 10.3. The van der Waals surface area contributed by atoms with Crippen LogP contribution in [0.2, 0.25) is 0 Å². The zero-order valence-corrected chi connectivity index (χ0v) is 20.8. The third kappa shape index (κ3) is 4.68. The van der Waals surface area contributed by atoms with Crippen molar-refractivity contribution in [3.63, 3.8) is 0 Å². The average molecular weight is 521 g/mol. The lowest BCUT2D eigenvalue weighted by Crippen LogP contribution is -2.54. The van der Waals surface area contributed by atoms with Crippen LogP contribution in [0.4, 0.5) is 0 Å². The first kappa shape index (κ1) is 25.3. The van der Waals surface area contributed by atoms with E-state index in [9.17, 15) is 20.4 Å². The molecule has 8 nitrogen and oxygen atoms in total. The number of ether oxygens (including phenoxy) is 4. The highest BCUT2D eigenvalue weighted by molar-refractivity contribution is 5.66. The molecular formula is C30H32O8. The highest BCUT2D eigenvalue weighted by Crippen LogP contribution is 2.47. The molecule has 0 bridgehead atoms. The molecule has 3 aliphatic rings. The second-order valence-corrected chi connectivity index (χ2v) is 10.3. The van der Waals surface area contributed by atoms with E-state index in [2.05, 4.69) is 30.3 Å². The van der Waals surface area contributed by atoms with Crippen LogP contribution in [0.3, 0.4) is 0 Å². The van der Waals surface area contributed by atoms with Crippen LogP contribution >= 0.6 is 0 Å². The van der Waals surface area contributed by atoms with Crippen molar-refractivity contribution < 1.29 is 39.4 Å². The van der Waals surface area contributed by atoms with Gasteiger partial charge in [0, 0.05) is 12.5 Å². The highest BCUT2D eigenvalue weighted by Gasteiger charge is 2.42. The van der Waals surface area contributed by atoms with Gasteiger partial charge in [-0.15, -0.1) is 0 Å². The monoisotopic (exact) mass is 520 g/mol. The number of hydrogen-bond acceptors (Lipinski definition) is 8. The zero-order valence-electron chi connectivity index (χ0n) is 20.8. The summed E-state index contributed by atoms with van der Waals surface area (Å²) >= 11 is 0. The predicted octanol–water partition coefficient (Wildman–Crippen LogP) is 2.45. The van der Waals surface area contributed by atoms with E-state index in [4.69, 9.17) is 18.9 Å². The van der Waals surface area contributed by atoms with Crippen LogP contribution in [0.1, 0.15) is 22.6 Å². The Morgan fingerprint density at radius 3 is 2.47 bits per heavy atom. The molecule has 8 heteroatoms. The summed E-state index contributed by atoms with van der Waals surface area (Å²) in [5, 5.41) is 40.8. The molecule has 0 amide bonds. The van der Waals surface area contributed by atoms with Crippen LogP contribution in [0.5, 0.6) is 11.5 Å². The minimum atomic E-state index is -1.38. The molecule has 38 heavy (non-hydrogen) atoms. The Morgan fingerprint density at radius 2 is 1.66 bits per heavy atom. The van der Waals surface area contributed by atoms with E-state index < -0.39 is 24.6 Å². The van der Waals surface area contributed by atoms with E-state index in [0.717, 1.165) is 27.8 Å². The number of aliphatic hydroxyl groups is 4. The fraction of sp³-hybridized carbons (Fsp3) is 0.400. The fourth-order valence-electron chi connectivity index (χ4n) is 5.91. The molecule has 6 rings (SSSR count). The summed E-state index contributed by atoms with van der Waals surface area (Å²) in [6, 6.07) is 22.6. The molecule has 1 unspecified atom stereocenters. The fourth-order valence-corrected chi connectivity index (χ4v) is 5.91. The molecule has 2 aliphatic heterocycles. The van der Waals surface area contributed by atoms with Crippen molar-refractivity contribution in [3.8, 4) is 22.6 Å². The van der Waals surface area contributed by atoms with Gasteiger partial charge in [-0.3, -0.25) is 0 Å². The van der Waals surface area contributed by atoms with Crippen LogP contribution < -0.4 is 9.47 Å². The van der Waals surface area contributed by atoms with Gasteiger partial charge in [-0.25, -0.2) is 0 Å². The van der Waals surface area contributed by atoms with Crippen molar-refractivity contribution in [1.82, 2.24) is 0 Å². The Balaban J connectivity index is 1.39. The van der Waals surface area contributed by atoms with Gasteiger partial charge in [-0.05, 0) is 58.2 Å². The van der Waals surface area contributed by atoms with Gasteiger partial charge in [0.2, 0.25) is 6.79 Å². The van der Waals surface area contributed by atoms with Crippen LogP contribution in [-0.2, 0) is 15.9 Å². The maximum atomic E-state index is 10.5. The molecule has 1 aliphatic carbocycles. The number of aliphatic hydroxyl groups excluding tert-OH is 4. The molecule has 0 aromatic heterocycles. The number of hydrogen-bond donors (Lipinski definition) is 4. The number of rotatable bonds is 6. The Morgan fingerprint density at radius 1 is 0.842 bits per heavy atom. The Hall–Kier alpha value is -2.98. The van der Waals surface area contributed by atoms with Crippen molar-refractivity contribution in [2.75, 3.05) is 26.6 Å². The topological polar surface area (TPSA) is 118 Å². The largest absolute Gasteiger partial charge is 0.454 e. The molecule has 1 saturated heterocycles. The van der Waals surface area contributed by atoms with Gasteiger partial charge >= 0.3 is 0 Å². The zero-order chi connectivity index (χ0) is 26.2. The molecule has 0 spiro atoms. The maximum absolute atomic E-state index is 10.5. The maximum Gasteiger partial charge on any atom is 0.231 e. The molecule has 3 aromatic rings. The van der Waals surface area contributed by atoms with Crippen LogP contribution in [0.25, 0.3) is 11.1 Å². The third-order valence-electron chi connectivity index (χ3n) is 8.00. The molecule has 3 aromatic carbocycles. The summed E-state index contributed by atoms with van der Waals surface area (Å²) in [6.45, 7) is 0.176. The van der Waals surface area contributed by atoms with E-state index in [1.54, 1.807) is 0 Å². The van der Waals surface area contributed by atoms with E-state index in [1.165, 1.54) is 0 Å². The Labute approximate surface area is 221 Å². The minimum absolute atomic E-state index is 0.0373. The van der Waals surface area contributed by atoms with Gasteiger partial charge in [-0.1, -0.05) is 54.6 Å². The minimum Gasteiger partial charge on any atom is -0.454 e. The first-order chi connectivity index (χ1) is 18.5. The molecule has 0 saturated carbocycles. The van der Waals surface area contributed by atoms with Crippen molar-refractivity contribution in [2.24, 2.45) is 11.8 Å². The molecule has 2 heterocycles. The summed E-state index contributed by atoms with van der Waals surface area (Å²) in [6.07, 6.45) is -4.31. The van der Waals surface area contributed by atoms with Gasteiger partial charge in [0.15, 0.2) is 17.8 Å². The van der Waals surface area contributed by atoms with E-state index in [0.29, 0.717) is 17.9 Å². The summed E-state index contributed by atoms with van der Waals surface area (Å²) in [7, 11) is 0. The molecule has 200 valence electrons. The SMILES string of the molecule is OC[C@H]1Cc2ccc(-c3ccccc3)cc2C(c2ccc3c(c2)OCO3)[C@@H]1CO[C@@H]1OC[C@@H](O)[C@H](O)[C@H]1O. The van der Waals surface area contributed by atoms with Gasteiger partial charge < -0.3 is 39.4 Å². The van der Waals surface area contributed by atoms with Crippen LogP contribution in [0.15, 0.2) is 66.7 Å². The Kier molecular flexibility index (Phi) is 7.09. The van der Waals surface area contributed by atoms with E-state index in [1.807, 2.05) is 36.4 Å². The summed E-state index contributed by atoms with van der Waals surface area (Å²) < 4.78 is 22.8. The lowest BCUT2D eigenvalue weighted by atomic mass is 9.66. The van der Waals surface area contributed by atoms with Crippen LogP contribution in [0, 0.1) is 11.8 Å². The van der Waals surface area contributed by atoms with Crippen molar-refractivity contribution in [1.29, 1.82) is 0 Å². The van der Waals surface area contributed by atoms with Gasteiger partial charge in [0.05, 0.1) is 13.2 Å². The Bertz CT molecular complexity index is 1260. The van der Waals surface area contributed by atoms with Gasteiger partial charge in [0.25, 0.3) is 0 Å². The normalized spacial score (nSPS) is 30.2. The molecule has 4 N–H and O–H groups in total. The van der Waals surface area contributed by atoms with E-state index >= 15 is 0 Å². The summed E-state index contributed by atoms with van der Waals surface area (Å²) in [5.74, 6) is 0.943. The first-order valence-electron chi connectivity index (χ1n) is 13.0. The number of fused-ring (bicyclic) bond motifs is 2.